The minimum Gasteiger partial charge on any atom is -0.468 e. The molecule has 4 heteroatoms. The van der Waals surface area contributed by atoms with E-state index in [-0.39, 0.29) is 5.97 Å². The number of hydrogen-bond acceptors (Lipinski definition) is 4. The summed E-state index contributed by atoms with van der Waals surface area (Å²) in [4.78, 5) is 14.7. The molecule has 2 fully saturated rings. The first-order valence-electron chi connectivity index (χ1n) is 8.18. The van der Waals surface area contributed by atoms with Gasteiger partial charge in [0.1, 0.15) is 5.54 Å². The number of carbonyl (C=O) groups excluding carboxylic acids is 1. The molecule has 1 saturated heterocycles. The summed E-state index contributed by atoms with van der Waals surface area (Å²) in [6, 6.07) is 0.691. The quantitative estimate of drug-likeness (QED) is 0.758. The van der Waals surface area contributed by atoms with Gasteiger partial charge in [-0.3, -0.25) is 9.69 Å². The van der Waals surface area contributed by atoms with E-state index in [2.05, 4.69) is 17.1 Å². The molecule has 0 aromatic rings. The first kappa shape index (κ1) is 15.8. The fourth-order valence-electron chi connectivity index (χ4n) is 3.92. The van der Waals surface area contributed by atoms with Crippen LogP contribution in [0.25, 0.3) is 0 Å². The Balaban J connectivity index is 2.01. The van der Waals surface area contributed by atoms with E-state index in [0.29, 0.717) is 6.04 Å². The normalized spacial score (nSPS) is 29.8. The van der Waals surface area contributed by atoms with E-state index in [0.717, 1.165) is 32.0 Å². The van der Waals surface area contributed by atoms with Gasteiger partial charge in [0.2, 0.25) is 0 Å². The Bertz CT molecular complexity index is 334. The van der Waals surface area contributed by atoms with Gasteiger partial charge in [0.25, 0.3) is 0 Å². The van der Waals surface area contributed by atoms with Crippen molar-refractivity contribution in [3.63, 3.8) is 0 Å². The number of methoxy groups -OCH3 is 1. The van der Waals surface area contributed by atoms with Crippen LogP contribution in [0.5, 0.6) is 0 Å². The Hall–Kier alpha value is -0.610. The number of esters is 1. The number of carbonyl (C=O) groups is 1. The zero-order valence-electron chi connectivity index (χ0n) is 13.3. The fraction of sp³-hybridized carbons (Fsp3) is 0.938. The molecule has 20 heavy (non-hydrogen) atoms. The topological polar surface area (TPSA) is 41.6 Å². The number of hydrogen-bond donors (Lipinski definition) is 1. The third-order valence-corrected chi connectivity index (χ3v) is 5.05. The molecule has 3 unspecified atom stereocenters. The van der Waals surface area contributed by atoms with Crippen molar-refractivity contribution in [3.8, 4) is 0 Å². The molecular formula is C16H30N2O2. The zero-order valence-corrected chi connectivity index (χ0v) is 13.3. The molecule has 2 rings (SSSR count). The highest BCUT2D eigenvalue weighted by Crippen LogP contribution is 2.36. The fourth-order valence-corrected chi connectivity index (χ4v) is 3.92. The van der Waals surface area contributed by atoms with Crippen molar-refractivity contribution in [3.05, 3.63) is 0 Å². The summed E-state index contributed by atoms with van der Waals surface area (Å²) in [5, 5.41) is 3.40. The first-order valence-corrected chi connectivity index (χ1v) is 8.18. The molecular weight excluding hydrogens is 252 g/mol. The molecule has 1 aliphatic carbocycles. The van der Waals surface area contributed by atoms with Crippen LogP contribution in [0.1, 0.15) is 52.4 Å². The molecule has 0 amide bonds. The smallest absolute Gasteiger partial charge is 0.327 e. The van der Waals surface area contributed by atoms with E-state index < -0.39 is 5.54 Å². The summed E-state index contributed by atoms with van der Waals surface area (Å²) in [7, 11) is 1.49. The lowest BCUT2D eigenvalue weighted by Gasteiger charge is -2.37. The number of nitrogens with one attached hydrogen (secondary N) is 1. The Labute approximate surface area is 123 Å². The van der Waals surface area contributed by atoms with E-state index in [9.17, 15) is 4.79 Å². The molecule has 0 aromatic heterocycles. The Morgan fingerprint density at radius 3 is 2.80 bits per heavy atom. The maximum absolute atomic E-state index is 12.2. The molecule has 116 valence electrons. The van der Waals surface area contributed by atoms with Gasteiger partial charge in [0.15, 0.2) is 0 Å². The van der Waals surface area contributed by atoms with Crippen LogP contribution in [0.2, 0.25) is 0 Å². The minimum absolute atomic E-state index is 0.134. The summed E-state index contributed by atoms with van der Waals surface area (Å²) in [5.74, 6) is 0.724. The highest BCUT2D eigenvalue weighted by Gasteiger charge is 2.42. The summed E-state index contributed by atoms with van der Waals surface area (Å²) in [5.41, 5.74) is -0.572. The van der Waals surface area contributed by atoms with Crippen LogP contribution in [0.4, 0.5) is 0 Å². The van der Waals surface area contributed by atoms with Crippen molar-refractivity contribution in [2.75, 3.05) is 26.7 Å². The molecule has 1 aliphatic heterocycles. The van der Waals surface area contributed by atoms with E-state index in [4.69, 9.17) is 4.74 Å². The Kier molecular flexibility index (Phi) is 5.44. The van der Waals surface area contributed by atoms with Crippen LogP contribution in [-0.4, -0.2) is 49.2 Å². The van der Waals surface area contributed by atoms with Crippen LogP contribution >= 0.6 is 0 Å². The number of rotatable bonds is 6. The summed E-state index contributed by atoms with van der Waals surface area (Å²) in [6.07, 6.45) is 7.73. The van der Waals surface area contributed by atoms with E-state index in [1.165, 1.54) is 39.2 Å². The molecule has 3 atom stereocenters. The number of ether oxygens (including phenoxy) is 1. The van der Waals surface area contributed by atoms with Crippen molar-refractivity contribution in [2.45, 2.75) is 64.0 Å². The van der Waals surface area contributed by atoms with Gasteiger partial charge in [-0.2, -0.15) is 0 Å². The van der Waals surface area contributed by atoms with E-state index in [1.807, 2.05) is 6.92 Å². The van der Waals surface area contributed by atoms with Gasteiger partial charge >= 0.3 is 5.97 Å². The highest BCUT2D eigenvalue weighted by atomic mass is 16.5. The summed E-state index contributed by atoms with van der Waals surface area (Å²) < 4.78 is 5.03. The summed E-state index contributed by atoms with van der Waals surface area (Å²) in [6.45, 7) is 6.88. The lowest BCUT2D eigenvalue weighted by molar-refractivity contribution is -0.149. The maximum atomic E-state index is 12.2. The largest absolute Gasteiger partial charge is 0.468 e. The lowest BCUT2D eigenvalue weighted by atomic mass is 9.85. The van der Waals surface area contributed by atoms with Crippen LogP contribution in [0, 0.1) is 5.92 Å². The number of fused-ring (bicyclic) bond motifs is 1. The average Bonchev–Trinajstić information content (AvgIpc) is 2.87. The Morgan fingerprint density at radius 2 is 2.10 bits per heavy atom. The second kappa shape index (κ2) is 6.90. The minimum atomic E-state index is -0.572. The van der Waals surface area contributed by atoms with Gasteiger partial charge < -0.3 is 10.1 Å². The van der Waals surface area contributed by atoms with Crippen LogP contribution < -0.4 is 5.32 Å². The van der Waals surface area contributed by atoms with E-state index >= 15 is 0 Å². The van der Waals surface area contributed by atoms with Gasteiger partial charge in [0.05, 0.1) is 7.11 Å². The lowest BCUT2D eigenvalue weighted by Crippen LogP contribution is -2.58. The predicted molar refractivity (Wildman–Crippen MR) is 80.7 cm³/mol. The number of likely N-dealkylation sites (tertiary alicyclic amines) is 1. The zero-order chi connectivity index (χ0) is 14.6. The van der Waals surface area contributed by atoms with Crippen LogP contribution in [0.3, 0.4) is 0 Å². The van der Waals surface area contributed by atoms with E-state index in [1.54, 1.807) is 0 Å². The second-order valence-corrected chi connectivity index (χ2v) is 6.62. The molecule has 0 radical (unpaired) electrons. The highest BCUT2D eigenvalue weighted by molar-refractivity contribution is 5.80. The average molecular weight is 282 g/mol. The predicted octanol–water partition coefficient (Wildman–Crippen LogP) is 2.18. The van der Waals surface area contributed by atoms with Crippen molar-refractivity contribution in [1.29, 1.82) is 0 Å². The molecule has 2 aliphatic rings. The van der Waals surface area contributed by atoms with Crippen molar-refractivity contribution in [1.82, 2.24) is 10.2 Å². The van der Waals surface area contributed by atoms with Crippen LogP contribution in [0.15, 0.2) is 0 Å². The Morgan fingerprint density at radius 1 is 1.35 bits per heavy atom. The van der Waals surface area contributed by atoms with Crippen molar-refractivity contribution < 1.29 is 9.53 Å². The standard InChI is InChI=1S/C16H30N2O2/c1-4-10-17-16(2,15(19)20-3)12-18-11-9-13-7-5-6-8-14(13)18/h13-14,17H,4-12H2,1-3H3. The third kappa shape index (κ3) is 3.34. The molecule has 0 spiro atoms. The molecule has 4 nitrogen and oxygen atoms in total. The van der Waals surface area contributed by atoms with Gasteiger partial charge in [-0.05, 0) is 51.6 Å². The van der Waals surface area contributed by atoms with Crippen LogP contribution in [-0.2, 0) is 9.53 Å². The SMILES string of the molecule is CCCNC(C)(CN1CCC2CCCCC21)C(=O)OC. The monoisotopic (exact) mass is 282 g/mol. The molecule has 0 bridgehead atoms. The van der Waals surface area contributed by atoms with Crippen molar-refractivity contribution >= 4 is 5.97 Å². The number of nitrogens with zero attached hydrogens (tertiary/aromatic N) is 1. The van der Waals surface area contributed by atoms with Gasteiger partial charge in [-0.25, -0.2) is 0 Å². The molecule has 0 aromatic carbocycles. The van der Waals surface area contributed by atoms with Gasteiger partial charge in [-0.15, -0.1) is 0 Å². The first-order chi connectivity index (χ1) is 9.60. The summed E-state index contributed by atoms with van der Waals surface area (Å²) >= 11 is 0. The van der Waals surface area contributed by atoms with Gasteiger partial charge in [0, 0.05) is 12.6 Å². The maximum Gasteiger partial charge on any atom is 0.327 e. The second-order valence-electron chi connectivity index (χ2n) is 6.62. The third-order valence-electron chi connectivity index (χ3n) is 5.05. The molecule has 1 heterocycles. The molecule has 1 N–H and O–H groups in total. The molecule has 1 saturated carbocycles. The van der Waals surface area contributed by atoms with Gasteiger partial charge in [-0.1, -0.05) is 19.8 Å². The van der Waals surface area contributed by atoms with Crippen molar-refractivity contribution in [2.24, 2.45) is 5.92 Å².